The van der Waals surface area contributed by atoms with Gasteiger partial charge in [-0.25, -0.2) is 9.59 Å². The lowest BCUT2D eigenvalue weighted by molar-refractivity contribution is -0.141. The number of carboxylic acid groups (broad SMARTS) is 1. The molecule has 4 N–H and O–H groups in total. The van der Waals surface area contributed by atoms with Crippen LogP contribution >= 0.6 is 0 Å². The van der Waals surface area contributed by atoms with Crippen LogP contribution in [-0.4, -0.2) is 40.4 Å². The molecule has 0 spiro atoms. The second-order valence-electron chi connectivity index (χ2n) is 4.54. The Bertz CT molecular complexity index is 277. The topological polar surface area (TPSA) is 98.7 Å². The van der Waals surface area contributed by atoms with Gasteiger partial charge in [-0.3, -0.25) is 0 Å². The van der Waals surface area contributed by atoms with Gasteiger partial charge in [0.05, 0.1) is 6.10 Å². The van der Waals surface area contributed by atoms with Gasteiger partial charge in [-0.1, -0.05) is 26.7 Å². The summed E-state index contributed by atoms with van der Waals surface area (Å²) in [6.07, 6.45) is 0.740. The maximum atomic E-state index is 11.6. The van der Waals surface area contributed by atoms with Crippen LogP contribution in [0.5, 0.6) is 0 Å². The van der Waals surface area contributed by atoms with Crippen LogP contribution in [0.2, 0.25) is 0 Å². The third-order valence-electron chi connectivity index (χ3n) is 3.15. The van der Waals surface area contributed by atoms with E-state index in [1.54, 1.807) is 0 Å². The molecule has 0 bridgehead atoms. The molecule has 18 heavy (non-hydrogen) atoms. The van der Waals surface area contributed by atoms with Gasteiger partial charge in [-0.15, -0.1) is 0 Å². The van der Waals surface area contributed by atoms with Crippen LogP contribution in [0, 0.1) is 5.92 Å². The molecule has 0 aromatic carbocycles. The molecule has 0 radical (unpaired) electrons. The van der Waals surface area contributed by atoms with E-state index in [2.05, 4.69) is 10.6 Å². The van der Waals surface area contributed by atoms with Crippen molar-refractivity contribution in [1.29, 1.82) is 0 Å². The quantitative estimate of drug-likeness (QED) is 0.547. The molecule has 0 fully saturated rings. The van der Waals surface area contributed by atoms with E-state index in [-0.39, 0.29) is 6.04 Å². The molecule has 0 aliphatic heterocycles. The lowest BCUT2D eigenvalue weighted by atomic mass is 9.96. The van der Waals surface area contributed by atoms with Crippen molar-refractivity contribution in [3.63, 3.8) is 0 Å². The van der Waals surface area contributed by atoms with E-state index in [1.807, 2.05) is 20.8 Å². The minimum absolute atomic E-state index is 0.0385. The number of rotatable bonds is 7. The van der Waals surface area contributed by atoms with Gasteiger partial charge in [0, 0.05) is 6.04 Å². The molecular weight excluding hydrogens is 236 g/mol. The Morgan fingerprint density at radius 2 is 1.61 bits per heavy atom. The summed E-state index contributed by atoms with van der Waals surface area (Å²) < 4.78 is 0. The van der Waals surface area contributed by atoms with Gasteiger partial charge < -0.3 is 20.8 Å². The second-order valence-corrected chi connectivity index (χ2v) is 4.54. The Morgan fingerprint density at radius 1 is 1.11 bits per heavy atom. The largest absolute Gasteiger partial charge is 0.480 e. The van der Waals surface area contributed by atoms with E-state index in [1.165, 1.54) is 6.92 Å². The number of aliphatic hydroxyl groups is 1. The number of carboxylic acids is 1. The molecule has 0 saturated heterocycles. The molecule has 2 amide bonds. The van der Waals surface area contributed by atoms with Crippen molar-refractivity contribution in [3.8, 4) is 0 Å². The Morgan fingerprint density at radius 3 is 1.94 bits per heavy atom. The summed E-state index contributed by atoms with van der Waals surface area (Å²) in [7, 11) is 0. The zero-order valence-electron chi connectivity index (χ0n) is 11.4. The predicted molar refractivity (Wildman–Crippen MR) is 68.3 cm³/mol. The molecule has 106 valence electrons. The number of urea groups is 1. The standard InChI is InChI=1S/C12H24N2O4/c1-5-9(6-2)7(3)13-12(18)14-10(8(4)15)11(16)17/h7-10,15H,5-6H2,1-4H3,(H,16,17)(H2,13,14,18). The number of carbonyl (C=O) groups excluding carboxylic acids is 1. The van der Waals surface area contributed by atoms with Crippen LogP contribution in [0.15, 0.2) is 0 Å². The van der Waals surface area contributed by atoms with Crippen molar-refractivity contribution in [1.82, 2.24) is 10.6 Å². The number of hydrogen-bond donors (Lipinski definition) is 4. The number of aliphatic hydroxyl groups excluding tert-OH is 1. The van der Waals surface area contributed by atoms with Crippen LogP contribution in [0.1, 0.15) is 40.5 Å². The van der Waals surface area contributed by atoms with Crippen LogP contribution in [0.25, 0.3) is 0 Å². The molecule has 0 heterocycles. The van der Waals surface area contributed by atoms with Gasteiger partial charge in [-0.2, -0.15) is 0 Å². The molecule has 0 aromatic rings. The summed E-state index contributed by atoms with van der Waals surface area (Å²) in [6.45, 7) is 7.29. The number of carbonyl (C=O) groups is 2. The Balaban J connectivity index is 4.36. The van der Waals surface area contributed by atoms with Crippen molar-refractivity contribution < 1.29 is 19.8 Å². The summed E-state index contributed by atoms with van der Waals surface area (Å²) in [4.78, 5) is 22.4. The van der Waals surface area contributed by atoms with E-state index in [0.717, 1.165) is 12.8 Å². The van der Waals surface area contributed by atoms with E-state index in [0.29, 0.717) is 5.92 Å². The highest BCUT2D eigenvalue weighted by molar-refractivity contribution is 5.83. The zero-order valence-corrected chi connectivity index (χ0v) is 11.4. The summed E-state index contributed by atoms with van der Waals surface area (Å²) in [5.74, 6) is -0.902. The van der Waals surface area contributed by atoms with Gasteiger partial charge in [0.2, 0.25) is 0 Å². The highest BCUT2D eigenvalue weighted by Crippen LogP contribution is 2.12. The van der Waals surface area contributed by atoms with Crippen molar-refractivity contribution in [2.45, 2.75) is 58.7 Å². The summed E-state index contributed by atoms with van der Waals surface area (Å²) in [5.41, 5.74) is 0. The first-order valence-corrected chi connectivity index (χ1v) is 6.31. The maximum absolute atomic E-state index is 11.6. The summed E-state index contributed by atoms with van der Waals surface area (Å²) >= 11 is 0. The van der Waals surface area contributed by atoms with Crippen LogP contribution < -0.4 is 10.6 Å². The second kappa shape index (κ2) is 7.92. The van der Waals surface area contributed by atoms with Gasteiger partial charge in [0.25, 0.3) is 0 Å². The minimum Gasteiger partial charge on any atom is -0.480 e. The van der Waals surface area contributed by atoms with Crippen LogP contribution in [-0.2, 0) is 4.79 Å². The van der Waals surface area contributed by atoms with E-state index in [9.17, 15) is 14.7 Å². The molecule has 0 aromatic heterocycles. The summed E-state index contributed by atoms with van der Waals surface area (Å²) in [5, 5.41) is 23.0. The fourth-order valence-corrected chi connectivity index (χ4v) is 1.89. The number of hydrogen-bond acceptors (Lipinski definition) is 3. The highest BCUT2D eigenvalue weighted by Gasteiger charge is 2.26. The van der Waals surface area contributed by atoms with Crippen molar-refractivity contribution in [2.75, 3.05) is 0 Å². The molecule has 6 heteroatoms. The molecule has 3 unspecified atom stereocenters. The molecule has 0 saturated carbocycles. The summed E-state index contributed by atoms with van der Waals surface area (Å²) in [6, 6.07) is -1.90. The van der Waals surface area contributed by atoms with Crippen molar-refractivity contribution >= 4 is 12.0 Å². The number of amides is 2. The van der Waals surface area contributed by atoms with Gasteiger partial charge >= 0.3 is 12.0 Å². The Labute approximate surface area is 108 Å². The van der Waals surface area contributed by atoms with E-state index >= 15 is 0 Å². The zero-order chi connectivity index (χ0) is 14.3. The van der Waals surface area contributed by atoms with Crippen LogP contribution in [0.3, 0.4) is 0 Å². The lowest BCUT2D eigenvalue weighted by Gasteiger charge is -2.24. The molecule has 6 nitrogen and oxygen atoms in total. The fraction of sp³-hybridized carbons (Fsp3) is 0.833. The normalized spacial score (nSPS) is 15.9. The Kier molecular flexibility index (Phi) is 7.35. The van der Waals surface area contributed by atoms with Gasteiger partial charge in [0.15, 0.2) is 6.04 Å². The molecule has 0 rings (SSSR count). The average molecular weight is 260 g/mol. The number of aliphatic carboxylic acids is 1. The molecule has 0 aliphatic carbocycles. The van der Waals surface area contributed by atoms with Crippen molar-refractivity contribution in [3.05, 3.63) is 0 Å². The first-order chi connectivity index (χ1) is 8.33. The molecule has 0 aliphatic rings. The monoisotopic (exact) mass is 260 g/mol. The van der Waals surface area contributed by atoms with Gasteiger partial charge in [0.1, 0.15) is 0 Å². The maximum Gasteiger partial charge on any atom is 0.328 e. The predicted octanol–water partition coefficient (Wildman–Crippen LogP) is 0.944. The minimum atomic E-state index is -1.29. The van der Waals surface area contributed by atoms with Crippen molar-refractivity contribution in [2.24, 2.45) is 5.92 Å². The SMILES string of the molecule is CCC(CC)C(C)NC(=O)NC(C(=O)O)C(C)O. The Hall–Kier alpha value is -1.30. The van der Waals surface area contributed by atoms with E-state index in [4.69, 9.17) is 5.11 Å². The third-order valence-corrected chi connectivity index (χ3v) is 3.15. The first kappa shape index (κ1) is 16.7. The van der Waals surface area contributed by atoms with Gasteiger partial charge in [-0.05, 0) is 19.8 Å². The van der Waals surface area contributed by atoms with E-state index < -0.39 is 24.1 Å². The molecule has 3 atom stereocenters. The fourth-order valence-electron chi connectivity index (χ4n) is 1.89. The number of nitrogens with one attached hydrogen (secondary N) is 2. The average Bonchev–Trinajstić information content (AvgIpc) is 2.26. The lowest BCUT2D eigenvalue weighted by Crippen LogP contribution is -2.53. The third kappa shape index (κ3) is 5.35. The highest BCUT2D eigenvalue weighted by atomic mass is 16.4. The smallest absolute Gasteiger partial charge is 0.328 e. The van der Waals surface area contributed by atoms with Crippen LogP contribution in [0.4, 0.5) is 4.79 Å². The first-order valence-electron chi connectivity index (χ1n) is 6.31. The molecular formula is C12H24N2O4.